The van der Waals surface area contributed by atoms with Crippen molar-refractivity contribution in [3.05, 3.63) is 88.4 Å². The highest BCUT2D eigenvalue weighted by molar-refractivity contribution is 6.31. The summed E-state index contributed by atoms with van der Waals surface area (Å²) < 4.78 is 5.65. The molecule has 170 valence electrons. The van der Waals surface area contributed by atoms with Gasteiger partial charge in [0.05, 0.1) is 5.56 Å². The minimum atomic E-state index is -0.607. The Kier molecular flexibility index (Phi) is 6.42. The van der Waals surface area contributed by atoms with E-state index < -0.39 is 12.1 Å². The van der Waals surface area contributed by atoms with Crippen LogP contribution in [0.4, 0.5) is 11.4 Å². The first-order valence-corrected chi connectivity index (χ1v) is 10.9. The second-order valence-electron chi connectivity index (χ2n) is 7.99. The molecule has 0 bridgehead atoms. The molecule has 1 aliphatic rings. The van der Waals surface area contributed by atoms with E-state index in [-0.39, 0.29) is 12.5 Å². The van der Waals surface area contributed by atoms with E-state index in [1.807, 2.05) is 68.4 Å². The predicted octanol–water partition coefficient (Wildman–Crippen LogP) is 4.39. The Bertz CT molecular complexity index is 1180. The SMILES string of the molecule is Cc1ccccc1OCC(=O)NN1C(=O)c2cc(Cl)ccc2NC1c1ccc(N(C)C)cc1. The molecule has 0 aliphatic carbocycles. The minimum Gasteiger partial charge on any atom is -0.483 e. The van der Waals surface area contributed by atoms with Crippen LogP contribution in [0, 0.1) is 6.92 Å². The van der Waals surface area contributed by atoms with Crippen LogP contribution in [0.5, 0.6) is 5.75 Å². The molecule has 0 saturated heterocycles. The molecule has 2 N–H and O–H groups in total. The zero-order valence-corrected chi connectivity index (χ0v) is 19.4. The summed E-state index contributed by atoms with van der Waals surface area (Å²) in [4.78, 5) is 28.1. The van der Waals surface area contributed by atoms with Crippen LogP contribution in [0.3, 0.4) is 0 Å². The van der Waals surface area contributed by atoms with Crippen molar-refractivity contribution in [2.45, 2.75) is 13.1 Å². The number of carbonyl (C=O) groups is 2. The Labute approximate surface area is 197 Å². The van der Waals surface area contributed by atoms with E-state index in [0.29, 0.717) is 22.0 Å². The molecular weight excluding hydrogens is 440 g/mol. The summed E-state index contributed by atoms with van der Waals surface area (Å²) in [7, 11) is 3.91. The van der Waals surface area contributed by atoms with Gasteiger partial charge in [-0.05, 0) is 54.4 Å². The molecule has 7 nitrogen and oxygen atoms in total. The molecule has 0 radical (unpaired) electrons. The van der Waals surface area contributed by atoms with Gasteiger partial charge in [0.2, 0.25) is 0 Å². The van der Waals surface area contributed by atoms with Crippen molar-refractivity contribution in [2.24, 2.45) is 0 Å². The zero-order valence-electron chi connectivity index (χ0n) is 18.6. The van der Waals surface area contributed by atoms with Gasteiger partial charge in [0, 0.05) is 30.5 Å². The Balaban J connectivity index is 1.59. The summed E-state index contributed by atoms with van der Waals surface area (Å²) in [6.45, 7) is 1.67. The Morgan fingerprint density at radius 1 is 1.12 bits per heavy atom. The van der Waals surface area contributed by atoms with Crippen molar-refractivity contribution >= 4 is 34.8 Å². The number of para-hydroxylation sites is 1. The fraction of sp³-hybridized carbons (Fsp3) is 0.200. The number of ether oxygens (including phenoxy) is 1. The Morgan fingerprint density at radius 2 is 1.85 bits per heavy atom. The fourth-order valence-electron chi connectivity index (χ4n) is 3.61. The number of amides is 2. The number of halogens is 1. The normalized spacial score (nSPS) is 14.8. The second-order valence-corrected chi connectivity index (χ2v) is 8.42. The molecule has 1 atom stereocenters. The molecule has 0 fully saturated rings. The van der Waals surface area contributed by atoms with Crippen molar-refractivity contribution in [3.63, 3.8) is 0 Å². The minimum absolute atomic E-state index is 0.233. The number of anilines is 2. The van der Waals surface area contributed by atoms with Gasteiger partial charge in [0.15, 0.2) is 6.61 Å². The molecule has 3 aromatic rings. The molecule has 1 aliphatic heterocycles. The summed E-state index contributed by atoms with van der Waals surface area (Å²) in [5, 5.41) is 5.06. The molecule has 0 aromatic heterocycles. The van der Waals surface area contributed by atoms with Crippen molar-refractivity contribution < 1.29 is 14.3 Å². The van der Waals surface area contributed by atoms with E-state index in [4.69, 9.17) is 16.3 Å². The number of fused-ring (bicyclic) bond motifs is 1. The summed E-state index contributed by atoms with van der Waals surface area (Å²) in [5.41, 5.74) is 6.49. The van der Waals surface area contributed by atoms with E-state index in [0.717, 1.165) is 16.8 Å². The van der Waals surface area contributed by atoms with Crippen LogP contribution in [-0.2, 0) is 4.79 Å². The largest absolute Gasteiger partial charge is 0.483 e. The number of hydrogen-bond acceptors (Lipinski definition) is 5. The van der Waals surface area contributed by atoms with Crippen LogP contribution < -0.4 is 20.4 Å². The molecule has 1 unspecified atom stereocenters. The molecule has 0 spiro atoms. The number of hydrogen-bond donors (Lipinski definition) is 2. The average Bonchev–Trinajstić information content (AvgIpc) is 2.80. The van der Waals surface area contributed by atoms with Gasteiger partial charge in [-0.25, -0.2) is 5.01 Å². The number of nitrogens with zero attached hydrogens (tertiary/aromatic N) is 2. The van der Waals surface area contributed by atoms with Crippen molar-refractivity contribution in [1.82, 2.24) is 10.4 Å². The van der Waals surface area contributed by atoms with Crippen LogP contribution in [0.25, 0.3) is 0 Å². The number of rotatable bonds is 6. The molecular formula is C25H25ClN4O3. The first-order chi connectivity index (χ1) is 15.8. The van der Waals surface area contributed by atoms with Crippen molar-refractivity contribution in [2.75, 3.05) is 30.9 Å². The van der Waals surface area contributed by atoms with Gasteiger partial charge in [-0.2, -0.15) is 0 Å². The van der Waals surface area contributed by atoms with Crippen molar-refractivity contribution in [3.8, 4) is 5.75 Å². The zero-order chi connectivity index (χ0) is 23.5. The molecule has 33 heavy (non-hydrogen) atoms. The van der Waals surface area contributed by atoms with Crippen LogP contribution in [-0.4, -0.2) is 37.5 Å². The van der Waals surface area contributed by atoms with Gasteiger partial charge in [-0.1, -0.05) is 41.9 Å². The summed E-state index contributed by atoms with van der Waals surface area (Å²) >= 11 is 6.12. The molecule has 3 aromatic carbocycles. The quantitative estimate of drug-likeness (QED) is 0.566. The fourth-order valence-corrected chi connectivity index (χ4v) is 3.78. The standard InChI is InChI=1S/C25H25ClN4O3/c1-16-6-4-5-7-22(16)33-15-23(31)28-30-24(17-8-11-19(12-9-17)29(2)3)27-21-13-10-18(26)14-20(21)25(30)32/h4-14,24,27H,15H2,1-3H3,(H,28,31). The summed E-state index contributed by atoms with van der Waals surface area (Å²) in [5.74, 6) is -0.199. The highest BCUT2D eigenvalue weighted by atomic mass is 35.5. The lowest BCUT2D eigenvalue weighted by molar-refractivity contribution is -0.127. The monoisotopic (exact) mass is 464 g/mol. The number of aryl methyl sites for hydroxylation is 1. The highest BCUT2D eigenvalue weighted by Gasteiger charge is 2.34. The first-order valence-electron chi connectivity index (χ1n) is 10.5. The smallest absolute Gasteiger partial charge is 0.276 e. The maximum atomic E-state index is 13.4. The Hall–Kier alpha value is -3.71. The molecule has 1 heterocycles. The van der Waals surface area contributed by atoms with Gasteiger partial charge >= 0.3 is 0 Å². The Morgan fingerprint density at radius 3 is 2.55 bits per heavy atom. The highest BCUT2D eigenvalue weighted by Crippen LogP contribution is 2.34. The second kappa shape index (κ2) is 9.42. The van der Waals surface area contributed by atoms with E-state index in [2.05, 4.69) is 10.7 Å². The van der Waals surface area contributed by atoms with E-state index >= 15 is 0 Å². The number of hydrazine groups is 1. The third kappa shape index (κ3) is 4.88. The third-order valence-electron chi connectivity index (χ3n) is 5.40. The van der Waals surface area contributed by atoms with Crippen molar-refractivity contribution in [1.29, 1.82) is 0 Å². The van der Waals surface area contributed by atoms with Crippen LogP contribution in [0.1, 0.15) is 27.7 Å². The number of benzene rings is 3. The maximum Gasteiger partial charge on any atom is 0.276 e. The van der Waals surface area contributed by atoms with Crippen LogP contribution >= 0.6 is 11.6 Å². The topological polar surface area (TPSA) is 73.9 Å². The molecule has 4 rings (SSSR count). The first kappa shape index (κ1) is 22.5. The van der Waals surface area contributed by atoms with Gasteiger partial charge in [-0.15, -0.1) is 0 Å². The van der Waals surface area contributed by atoms with E-state index in [9.17, 15) is 9.59 Å². The predicted molar refractivity (Wildman–Crippen MR) is 130 cm³/mol. The van der Waals surface area contributed by atoms with Gasteiger partial charge in [0.25, 0.3) is 11.8 Å². The number of carbonyl (C=O) groups excluding carboxylic acids is 2. The molecule has 8 heteroatoms. The summed E-state index contributed by atoms with van der Waals surface area (Å²) in [6, 6.07) is 20.3. The lowest BCUT2D eigenvalue weighted by Crippen LogP contribution is -2.53. The third-order valence-corrected chi connectivity index (χ3v) is 5.64. The lowest BCUT2D eigenvalue weighted by atomic mass is 10.0. The lowest BCUT2D eigenvalue weighted by Gasteiger charge is -2.38. The maximum absolute atomic E-state index is 13.4. The van der Waals surface area contributed by atoms with Crippen LogP contribution in [0.15, 0.2) is 66.7 Å². The van der Waals surface area contributed by atoms with Gasteiger partial charge < -0.3 is 15.0 Å². The molecule has 2 amide bonds. The number of nitrogens with one attached hydrogen (secondary N) is 2. The van der Waals surface area contributed by atoms with E-state index in [1.165, 1.54) is 5.01 Å². The summed E-state index contributed by atoms with van der Waals surface area (Å²) in [6.07, 6.45) is -0.607. The molecule has 0 saturated carbocycles. The van der Waals surface area contributed by atoms with Crippen LogP contribution in [0.2, 0.25) is 5.02 Å². The average molecular weight is 465 g/mol. The van der Waals surface area contributed by atoms with E-state index in [1.54, 1.807) is 24.3 Å². The van der Waals surface area contributed by atoms with Gasteiger partial charge in [-0.3, -0.25) is 15.0 Å². The van der Waals surface area contributed by atoms with Gasteiger partial charge in [0.1, 0.15) is 11.9 Å².